The summed E-state index contributed by atoms with van der Waals surface area (Å²) in [5, 5.41) is 6.34. The normalized spacial score (nSPS) is 11.2. The molecule has 7 heteroatoms. The molecule has 0 fully saturated rings. The Morgan fingerprint density at radius 2 is 2.08 bits per heavy atom. The molecule has 25 heavy (non-hydrogen) atoms. The fourth-order valence-corrected chi connectivity index (χ4v) is 2.48. The Balaban J connectivity index is 1.89. The molecule has 0 aliphatic rings. The van der Waals surface area contributed by atoms with Crippen molar-refractivity contribution in [2.24, 2.45) is 11.0 Å². The zero-order valence-electron chi connectivity index (χ0n) is 15.0. The second-order valence-electron chi connectivity index (χ2n) is 6.29. The molecule has 0 saturated heterocycles. The zero-order chi connectivity index (χ0) is 18.4. The molecule has 0 radical (unpaired) electrons. The minimum Gasteiger partial charge on any atom is -0.467 e. The average Bonchev–Trinajstić information content (AvgIpc) is 3.16. The van der Waals surface area contributed by atoms with E-state index in [0.29, 0.717) is 11.7 Å². The molecule has 134 valence electrons. The van der Waals surface area contributed by atoms with Crippen LogP contribution in [0.1, 0.15) is 36.6 Å². The molecular weight excluding hydrogens is 320 g/mol. The maximum absolute atomic E-state index is 11.7. The van der Waals surface area contributed by atoms with Crippen molar-refractivity contribution in [3.05, 3.63) is 47.2 Å². The molecule has 2 amide bonds. The Morgan fingerprint density at radius 3 is 2.72 bits per heavy atom. The third-order valence-electron chi connectivity index (χ3n) is 3.74. The fraction of sp³-hybridized carbons (Fsp3) is 0.389. The second kappa shape index (κ2) is 8.32. The Hall–Kier alpha value is -2.83. The number of hydrazone groups is 1. The maximum atomic E-state index is 11.7. The number of hydrogen-bond acceptors (Lipinski definition) is 4. The quantitative estimate of drug-likeness (QED) is 0.478. The van der Waals surface area contributed by atoms with Crippen molar-refractivity contribution in [2.45, 2.75) is 40.8 Å². The number of carbonyl (C=O) groups excluding carboxylic acids is 2. The second-order valence-corrected chi connectivity index (χ2v) is 6.29. The average molecular weight is 344 g/mol. The number of aryl methyl sites for hydroxylation is 1. The van der Waals surface area contributed by atoms with Crippen LogP contribution < -0.4 is 10.7 Å². The van der Waals surface area contributed by atoms with Gasteiger partial charge in [0.25, 0.3) is 0 Å². The SMILES string of the molecule is Cc1cc(/C=N\NC(=O)C(=O)NCc2ccco2)c(C)n1CC(C)C. The van der Waals surface area contributed by atoms with Crippen molar-refractivity contribution < 1.29 is 14.0 Å². The Bertz CT molecular complexity index is 758. The highest BCUT2D eigenvalue weighted by molar-refractivity contribution is 6.35. The molecule has 2 aromatic rings. The smallest absolute Gasteiger partial charge is 0.329 e. The van der Waals surface area contributed by atoms with Crippen LogP contribution in [0.3, 0.4) is 0 Å². The summed E-state index contributed by atoms with van der Waals surface area (Å²) in [5.41, 5.74) is 5.36. The first-order valence-corrected chi connectivity index (χ1v) is 8.18. The van der Waals surface area contributed by atoms with Crippen molar-refractivity contribution in [3.8, 4) is 0 Å². The summed E-state index contributed by atoms with van der Waals surface area (Å²) < 4.78 is 7.29. The molecule has 0 aliphatic carbocycles. The highest BCUT2D eigenvalue weighted by Gasteiger charge is 2.13. The number of rotatable bonds is 6. The molecule has 2 heterocycles. The monoisotopic (exact) mass is 344 g/mol. The first kappa shape index (κ1) is 18.5. The standard InChI is InChI=1S/C18H24N4O3/c1-12(2)11-22-13(3)8-15(14(22)4)9-20-21-18(24)17(23)19-10-16-6-5-7-25-16/h5-9,12H,10-11H2,1-4H3,(H,19,23)(H,21,24)/b20-9-. The van der Waals surface area contributed by atoms with Crippen molar-refractivity contribution in [3.63, 3.8) is 0 Å². The van der Waals surface area contributed by atoms with Crippen molar-refractivity contribution in [1.82, 2.24) is 15.3 Å². The Morgan fingerprint density at radius 1 is 1.32 bits per heavy atom. The number of aromatic nitrogens is 1. The summed E-state index contributed by atoms with van der Waals surface area (Å²) in [5.74, 6) is -0.480. The summed E-state index contributed by atoms with van der Waals surface area (Å²) in [6.45, 7) is 9.44. The van der Waals surface area contributed by atoms with E-state index < -0.39 is 11.8 Å². The summed E-state index contributed by atoms with van der Waals surface area (Å²) >= 11 is 0. The molecule has 0 saturated carbocycles. The number of carbonyl (C=O) groups is 2. The lowest BCUT2D eigenvalue weighted by molar-refractivity contribution is -0.139. The number of hydrogen-bond donors (Lipinski definition) is 2. The summed E-state index contributed by atoms with van der Waals surface area (Å²) in [4.78, 5) is 23.4. The van der Waals surface area contributed by atoms with Gasteiger partial charge in [0.1, 0.15) is 5.76 Å². The van der Waals surface area contributed by atoms with Crippen LogP contribution in [0.2, 0.25) is 0 Å². The van der Waals surface area contributed by atoms with Gasteiger partial charge < -0.3 is 14.3 Å². The molecule has 0 spiro atoms. The molecule has 0 atom stereocenters. The van der Waals surface area contributed by atoms with E-state index in [1.54, 1.807) is 18.3 Å². The summed E-state index contributed by atoms with van der Waals surface area (Å²) in [6, 6.07) is 5.43. The van der Waals surface area contributed by atoms with Gasteiger partial charge in [-0.25, -0.2) is 5.43 Å². The topological polar surface area (TPSA) is 88.6 Å². The predicted molar refractivity (Wildman–Crippen MR) is 95.0 cm³/mol. The van der Waals surface area contributed by atoms with E-state index >= 15 is 0 Å². The van der Waals surface area contributed by atoms with Gasteiger partial charge in [0.2, 0.25) is 0 Å². The minimum atomic E-state index is -0.821. The van der Waals surface area contributed by atoms with E-state index in [1.165, 1.54) is 6.26 Å². The van der Waals surface area contributed by atoms with E-state index in [-0.39, 0.29) is 6.54 Å². The van der Waals surface area contributed by atoms with Crippen molar-refractivity contribution >= 4 is 18.0 Å². The third kappa shape index (κ3) is 5.07. The molecule has 0 aromatic carbocycles. The fourth-order valence-electron chi connectivity index (χ4n) is 2.48. The lowest BCUT2D eigenvalue weighted by Crippen LogP contribution is -2.37. The summed E-state index contributed by atoms with van der Waals surface area (Å²) in [6.07, 6.45) is 3.05. The van der Waals surface area contributed by atoms with E-state index in [2.05, 4.69) is 34.3 Å². The van der Waals surface area contributed by atoms with E-state index in [4.69, 9.17) is 4.42 Å². The molecular formula is C18H24N4O3. The van der Waals surface area contributed by atoms with Gasteiger partial charge in [-0.1, -0.05) is 13.8 Å². The molecule has 0 bridgehead atoms. The van der Waals surface area contributed by atoms with Gasteiger partial charge in [0.15, 0.2) is 0 Å². The van der Waals surface area contributed by atoms with Crippen LogP contribution in [0.15, 0.2) is 34.0 Å². The molecule has 2 aromatic heterocycles. The minimum absolute atomic E-state index is 0.152. The summed E-state index contributed by atoms with van der Waals surface area (Å²) in [7, 11) is 0. The molecule has 2 N–H and O–H groups in total. The molecule has 0 aliphatic heterocycles. The van der Waals surface area contributed by atoms with Crippen LogP contribution >= 0.6 is 0 Å². The van der Waals surface area contributed by atoms with Crippen LogP contribution in [0, 0.1) is 19.8 Å². The zero-order valence-corrected chi connectivity index (χ0v) is 15.0. The van der Waals surface area contributed by atoms with Gasteiger partial charge in [0.05, 0.1) is 19.0 Å². The van der Waals surface area contributed by atoms with Gasteiger partial charge in [-0.05, 0) is 38.0 Å². The Labute approximate surface area is 147 Å². The van der Waals surface area contributed by atoms with Crippen molar-refractivity contribution in [2.75, 3.05) is 0 Å². The van der Waals surface area contributed by atoms with Gasteiger partial charge in [-0.15, -0.1) is 0 Å². The van der Waals surface area contributed by atoms with Crippen LogP contribution in [0.25, 0.3) is 0 Å². The third-order valence-corrected chi connectivity index (χ3v) is 3.74. The maximum Gasteiger partial charge on any atom is 0.329 e. The van der Waals surface area contributed by atoms with Crippen molar-refractivity contribution in [1.29, 1.82) is 0 Å². The lowest BCUT2D eigenvalue weighted by atomic mass is 10.2. The number of amides is 2. The Kier molecular flexibility index (Phi) is 6.16. The molecule has 2 rings (SSSR count). The lowest BCUT2D eigenvalue weighted by Gasteiger charge is -2.11. The molecule has 7 nitrogen and oxygen atoms in total. The number of nitrogens with zero attached hydrogens (tertiary/aromatic N) is 2. The highest BCUT2D eigenvalue weighted by atomic mass is 16.3. The van der Waals surface area contributed by atoms with Crippen LogP contribution in [-0.2, 0) is 22.7 Å². The predicted octanol–water partition coefficient (Wildman–Crippen LogP) is 2.12. The van der Waals surface area contributed by atoms with E-state index in [9.17, 15) is 9.59 Å². The van der Waals surface area contributed by atoms with Crippen LogP contribution in [0.5, 0.6) is 0 Å². The largest absolute Gasteiger partial charge is 0.467 e. The first-order valence-electron chi connectivity index (χ1n) is 8.18. The van der Waals surface area contributed by atoms with Crippen LogP contribution in [0.4, 0.5) is 0 Å². The van der Waals surface area contributed by atoms with Gasteiger partial charge in [0, 0.05) is 23.5 Å². The van der Waals surface area contributed by atoms with E-state index in [1.807, 2.05) is 19.9 Å². The van der Waals surface area contributed by atoms with Gasteiger partial charge >= 0.3 is 11.8 Å². The van der Waals surface area contributed by atoms with Gasteiger partial charge in [-0.2, -0.15) is 5.10 Å². The van der Waals surface area contributed by atoms with E-state index in [0.717, 1.165) is 23.5 Å². The van der Waals surface area contributed by atoms with Crippen LogP contribution in [-0.4, -0.2) is 22.6 Å². The molecule has 0 unspecified atom stereocenters. The number of nitrogens with one attached hydrogen (secondary N) is 2. The number of furan rings is 1. The highest BCUT2D eigenvalue weighted by Crippen LogP contribution is 2.15. The van der Waals surface area contributed by atoms with Gasteiger partial charge in [-0.3, -0.25) is 9.59 Å². The first-order chi connectivity index (χ1) is 11.9.